The molecular weight excluding hydrogens is 492 g/mol. The van der Waals surface area contributed by atoms with Crippen LogP contribution in [0.3, 0.4) is 0 Å². The summed E-state index contributed by atoms with van der Waals surface area (Å²) in [5.41, 5.74) is 3.50. The number of benzene rings is 3. The van der Waals surface area contributed by atoms with Gasteiger partial charge >= 0.3 is 0 Å². The van der Waals surface area contributed by atoms with E-state index in [0.29, 0.717) is 33.8 Å². The maximum absolute atomic E-state index is 13.3. The predicted molar refractivity (Wildman–Crippen MR) is 134 cm³/mol. The lowest BCUT2D eigenvalue weighted by molar-refractivity contribution is -0.384. The Balaban J connectivity index is 1.58. The highest BCUT2D eigenvalue weighted by atomic mass is 16.6. The zero-order chi connectivity index (χ0) is 25.6. The molecule has 38 heavy (non-hydrogen) atoms. The number of nitro groups is 1. The number of amides is 2. The molecule has 4 aliphatic heterocycles. The molecule has 0 aliphatic carbocycles. The lowest BCUT2D eigenvalue weighted by atomic mass is 9.94. The van der Waals surface area contributed by atoms with Gasteiger partial charge in [-0.1, -0.05) is 18.2 Å². The van der Waals surface area contributed by atoms with Gasteiger partial charge in [0.25, 0.3) is 17.5 Å². The molecule has 5 aromatic rings. The topological polar surface area (TPSA) is 127 Å². The molecular formula is C27H18N4O7. The van der Waals surface area contributed by atoms with Crippen LogP contribution in [0.15, 0.2) is 42.5 Å². The van der Waals surface area contributed by atoms with Gasteiger partial charge in [-0.3, -0.25) is 25.0 Å². The molecule has 1 N–H and O–H groups in total. The Kier molecular flexibility index (Phi) is 3.58. The number of rotatable bonds is 2. The van der Waals surface area contributed by atoms with E-state index in [4.69, 9.17) is 14.2 Å². The number of nitrogens with one attached hydrogen (secondary N) is 1. The number of fused-ring (bicyclic) bond motifs is 15. The maximum atomic E-state index is 13.3. The lowest BCUT2D eigenvalue weighted by Gasteiger charge is -2.44. The van der Waals surface area contributed by atoms with Crippen LogP contribution < -0.4 is 5.32 Å². The van der Waals surface area contributed by atoms with Gasteiger partial charge in [0.05, 0.1) is 44.7 Å². The van der Waals surface area contributed by atoms with Crippen LogP contribution in [0.4, 0.5) is 5.69 Å². The van der Waals surface area contributed by atoms with E-state index in [9.17, 15) is 19.7 Å². The van der Waals surface area contributed by atoms with E-state index in [1.54, 1.807) is 13.2 Å². The Labute approximate surface area is 212 Å². The third-order valence-corrected chi connectivity index (χ3v) is 8.67. The SMILES string of the molecule is CO[C@H]1[C@@H]2OC[C@H]1O[C@@H]1[C@H]2n2c3ccc([N+](=O)[O-])cc3c3c4c(c5c6ccccc6n1c5c32)C(=O)NC4=O. The van der Waals surface area contributed by atoms with Gasteiger partial charge in [-0.05, 0) is 12.1 Å². The van der Waals surface area contributed by atoms with Gasteiger partial charge in [0.15, 0.2) is 6.23 Å². The highest BCUT2D eigenvalue weighted by molar-refractivity contribution is 6.39. The van der Waals surface area contributed by atoms with E-state index in [1.165, 1.54) is 12.1 Å². The normalized spacial score (nSPS) is 27.1. The molecule has 4 aliphatic rings. The molecule has 9 rings (SSSR count). The number of carbonyl (C=O) groups excluding carboxylic acids is 2. The summed E-state index contributed by atoms with van der Waals surface area (Å²) in [6.45, 7) is 0.375. The van der Waals surface area contributed by atoms with Gasteiger partial charge in [0.1, 0.15) is 24.4 Å². The summed E-state index contributed by atoms with van der Waals surface area (Å²) in [7, 11) is 1.64. The predicted octanol–water partition coefficient (Wildman–Crippen LogP) is 3.56. The number of methoxy groups -OCH3 is 1. The Hall–Kier alpha value is -4.32. The van der Waals surface area contributed by atoms with Gasteiger partial charge in [-0.2, -0.15) is 0 Å². The van der Waals surface area contributed by atoms with Crippen LogP contribution in [0.2, 0.25) is 0 Å². The molecule has 2 saturated heterocycles. The molecule has 2 aromatic heterocycles. The average Bonchev–Trinajstić information content (AvgIpc) is 3.61. The minimum atomic E-state index is -0.511. The van der Waals surface area contributed by atoms with Crippen molar-refractivity contribution in [3.8, 4) is 0 Å². The molecule has 2 amide bonds. The van der Waals surface area contributed by atoms with Gasteiger partial charge < -0.3 is 23.3 Å². The maximum Gasteiger partial charge on any atom is 0.270 e. The fraction of sp³-hybridized carbons (Fsp3) is 0.259. The first-order valence-corrected chi connectivity index (χ1v) is 12.4. The van der Waals surface area contributed by atoms with Crippen molar-refractivity contribution in [3.05, 3.63) is 63.7 Å². The molecule has 0 spiro atoms. The lowest BCUT2D eigenvalue weighted by Crippen LogP contribution is -2.50. The molecule has 6 heterocycles. The number of para-hydroxylation sites is 1. The average molecular weight is 510 g/mol. The number of nitrogens with zero attached hydrogens (tertiary/aromatic N) is 3. The second kappa shape index (κ2) is 6.57. The zero-order valence-corrected chi connectivity index (χ0v) is 19.8. The molecule has 11 heteroatoms. The summed E-state index contributed by atoms with van der Waals surface area (Å²) in [5.74, 6) is -0.987. The fourth-order valence-corrected chi connectivity index (χ4v) is 7.37. The van der Waals surface area contributed by atoms with Gasteiger partial charge in [-0.25, -0.2) is 0 Å². The number of hydrogen-bond donors (Lipinski definition) is 1. The van der Waals surface area contributed by atoms with Crippen LogP contribution in [-0.2, 0) is 14.2 Å². The molecule has 0 saturated carbocycles. The van der Waals surface area contributed by atoms with Crippen molar-refractivity contribution in [2.75, 3.05) is 13.7 Å². The molecule has 11 nitrogen and oxygen atoms in total. The summed E-state index contributed by atoms with van der Waals surface area (Å²) in [5, 5.41) is 16.8. The van der Waals surface area contributed by atoms with Crippen molar-refractivity contribution in [2.24, 2.45) is 0 Å². The number of hydrogen-bond acceptors (Lipinski definition) is 7. The van der Waals surface area contributed by atoms with E-state index in [2.05, 4.69) is 14.5 Å². The number of non-ortho nitro benzene ring substituents is 1. The second-order valence-electron chi connectivity index (χ2n) is 10.3. The van der Waals surface area contributed by atoms with E-state index >= 15 is 0 Å². The van der Waals surface area contributed by atoms with Crippen LogP contribution in [0.1, 0.15) is 33.0 Å². The standard InChI is InChI=1S/C27H18N4O7/c1-36-23-15-9-37-24(23)22-27(38-15)30-13-5-3-2-4-11(13)16-18-19(26(33)28-25(18)32)17-12-8-10(31(34)35)6-7-14(12)29(22)20(17)21(16)30/h2-8,15,22-24,27H,9H2,1H3,(H,28,32,33)/t15-,22+,23-,24-,27-/m1/s1. The molecule has 2 bridgehead atoms. The van der Waals surface area contributed by atoms with Crippen LogP contribution in [0.5, 0.6) is 0 Å². The highest BCUT2D eigenvalue weighted by Crippen LogP contribution is 2.55. The minimum Gasteiger partial charge on any atom is -0.376 e. The summed E-state index contributed by atoms with van der Waals surface area (Å²) in [6, 6.07) is 12.0. The van der Waals surface area contributed by atoms with Crippen LogP contribution in [0, 0.1) is 10.1 Å². The third-order valence-electron chi connectivity index (χ3n) is 8.67. The van der Waals surface area contributed by atoms with Crippen molar-refractivity contribution in [3.63, 3.8) is 0 Å². The van der Waals surface area contributed by atoms with Crippen molar-refractivity contribution in [1.29, 1.82) is 0 Å². The van der Waals surface area contributed by atoms with Crippen LogP contribution in [-0.4, -0.2) is 57.9 Å². The Morgan fingerprint density at radius 3 is 2.47 bits per heavy atom. The fourth-order valence-electron chi connectivity index (χ4n) is 7.37. The molecule has 0 radical (unpaired) electrons. The van der Waals surface area contributed by atoms with E-state index in [1.807, 2.05) is 24.3 Å². The van der Waals surface area contributed by atoms with Gasteiger partial charge in [0, 0.05) is 40.8 Å². The monoisotopic (exact) mass is 510 g/mol. The first kappa shape index (κ1) is 20.7. The van der Waals surface area contributed by atoms with Crippen LogP contribution >= 0.6 is 0 Å². The Bertz CT molecular complexity index is 1990. The molecule has 0 unspecified atom stereocenters. The molecule has 5 atom stereocenters. The first-order valence-electron chi connectivity index (χ1n) is 12.4. The second-order valence-corrected chi connectivity index (χ2v) is 10.3. The summed E-state index contributed by atoms with van der Waals surface area (Å²) >= 11 is 0. The minimum absolute atomic E-state index is 0.0988. The third kappa shape index (κ3) is 2.12. The van der Waals surface area contributed by atoms with E-state index < -0.39 is 23.0 Å². The van der Waals surface area contributed by atoms with E-state index in [0.717, 1.165) is 21.9 Å². The number of nitro benzene ring substituents is 1. The van der Waals surface area contributed by atoms with Crippen molar-refractivity contribution in [1.82, 2.24) is 14.5 Å². The summed E-state index contributed by atoms with van der Waals surface area (Å²) < 4.78 is 23.0. The Morgan fingerprint density at radius 2 is 1.71 bits per heavy atom. The van der Waals surface area contributed by atoms with Gasteiger partial charge in [-0.15, -0.1) is 0 Å². The quantitative estimate of drug-likeness (QED) is 0.219. The van der Waals surface area contributed by atoms with Crippen molar-refractivity contribution < 1.29 is 28.7 Å². The highest BCUT2D eigenvalue weighted by Gasteiger charge is 2.56. The molecule has 2 fully saturated rings. The largest absolute Gasteiger partial charge is 0.376 e. The molecule has 188 valence electrons. The van der Waals surface area contributed by atoms with Crippen molar-refractivity contribution >= 4 is 61.1 Å². The number of carbonyl (C=O) groups is 2. The van der Waals surface area contributed by atoms with E-state index in [-0.39, 0.29) is 35.6 Å². The van der Waals surface area contributed by atoms with Crippen molar-refractivity contribution in [2.45, 2.75) is 30.6 Å². The van der Waals surface area contributed by atoms with Gasteiger partial charge in [0.2, 0.25) is 0 Å². The number of ether oxygens (including phenoxy) is 3. The zero-order valence-electron chi connectivity index (χ0n) is 19.8. The summed E-state index contributed by atoms with van der Waals surface area (Å²) in [4.78, 5) is 37.9. The number of aromatic nitrogens is 2. The molecule has 3 aromatic carbocycles. The smallest absolute Gasteiger partial charge is 0.270 e. The first-order chi connectivity index (χ1) is 18.5. The number of imide groups is 1. The summed E-state index contributed by atoms with van der Waals surface area (Å²) in [6.07, 6.45) is -1.42. The van der Waals surface area contributed by atoms with Crippen LogP contribution in [0.25, 0.3) is 43.6 Å². The Morgan fingerprint density at radius 1 is 1.00 bits per heavy atom.